The van der Waals surface area contributed by atoms with E-state index < -0.39 is 51.0 Å². The number of hydrogen-bond donors (Lipinski definition) is 2. The van der Waals surface area contributed by atoms with E-state index in [1.165, 1.54) is 6.07 Å². The van der Waals surface area contributed by atoms with Gasteiger partial charge in [-0.05, 0) is 30.3 Å². The Bertz CT molecular complexity index is 1480. The topological polar surface area (TPSA) is 107 Å². The van der Waals surface area contributed by atoms with Crippen LogP contribution in [-0.4, -0.2) is 35.2 Å². The van der Waals surface area contributed by atoms with Gasteiger partial charge in [0, 0.05) is 60.4 Å². The number of ether oxygens (including phenoxy) is 2. The lowest BCUT2D eigenvalue weighted by atomic mass is 10.1. The maximum Gasteiger partial charge on any atom is 0.573 e. The zero-order valence-electron chi connectivity index (χ0n) is 19.1. The average molecular weight is 576 g/mol. The third-order valence-electron chi connectivity index (χ3n) is 4.89. The first kappa shape index (κ1) is 27.1. The van der Waals surface area contributed by atoms with Crippen LogP contribution in [0.25, 0.3) is 0 Å². The van der Waals surface area contributed by atoms with Gasteiger partial charge in [0.1, 0.15) is 29.4 Å². The number of alkyl halides is 3. The van der Waals surface area contributed by atoms with Crippen molar-refractivity contribution in [2.45, 2.75) is 24.4 Å². The normalized spacial score (nSPS) is 11.8. The van der Waals surface area contributed by atoms with E-state index in [0.29, 0.717) is 36.8 Å². The monoisotopic (exact) mass is 575 g/mol. The van der Waals surface area contributed by atoms with Crippen LogP contribution in [0.4, 0.5) is 32.8 Å². The summed E-state index contributed by atoms with van der Waals surface area (Å²) in [7, 11) is -4.58. The Morgan fingerprint density at radius 1 is 1.08 bits per heavy atom. The molecule has 0 saturated carbocycles. The predicted molar refractivity (Wildman–Crippen MR) is 127 cm³/mol. The number of nitrogens with zero attached hydrogens (tertiary/aromatic N) is 3. The van der Waals surface area contributed by atoms with E-state index in [2.05, 4.69) is 19.4 Å². The molecule has 16 heteroatoms. The maximum atomic E-state index is 15.1. The molecule has 0 aliphatic heterocycles. The van der Waals surface area contributed by atoms with Crippen molar-refractivity contribution >= 4 is 32.4 Å². The van der Waals surface area contributed by atoms with Crippen LogP contribution in [0.2, 0.25) is 0 Å². The summed E-state index contributed by atoms with van der Waals surface area (Å²) in [5.74, 6) is -3.70. The van der Waals surface area contributed by atoms with E-state index in [9.17, 15) is 26.0 Å². The molecule has 4 aromatic rings. The minimum absolute atomic E-state index is 0.159. The number of anilines is 2. The van der Waals surface area contributed by atoms with Crippen LogP contribution < -0.4 is 19.5 Å². The molecule has 0 saturated heterocycles. The van der Waals surface area contributed by atoms with Crippen molar-refractivity contribution in [3.8, 4) is 11.5 Å². The second kappa shape index (κ2) is 11.2. The number of sulfonamides is 1. The first-order valence-electron chi connectivity index (χ1n) is 10.6. The van der Waals surface area contributed by atoms with Crippen molar-refractivity contribution in [3.05, 3.63) is 78.4 Å². The minimum atomic E-state index is -4.92. The lowest BCUT2D eigenvalue weighted by Crippen LogP contribution is -2.18. The van der Waals surface area contributed by atoms with E-state index in [-0.39, 0.29) is 16.4 Å². The van der Waals surface area contributed by atoms with Gasteiger partial charge in [-0.25, -0.2) is 22.2 Å². The standard InChI is InChI=1S/C22H18F5N5O4S2/c23-15-9-18(20(24)19(10-15)38(33,34)31-21-29-13-30-37-21)35-12-14-3-4-16(36-22(25,26)27)11-17(14)28-5-8-32-6-1-2-7-32/h1-4,6-7,9-11,13,28H,5,8,12H2,(H,29,30,31). The van der Waals surface area contributed by atoms with Crippen molar-refractivity contribution < 1.29 is 39.8 Å². The van der Waals surface area contributed by atoms with Gasteiger partial charge in [0.15, 0.2) is 11.6 Å². The van der Waals surface area contributed by atoms with E-state index >= 15 is 4.39 Å². The van der Waals surface area contributed by atoms with Crippen molar-refractivity contribution in [1.29, 1.82) is 0 Å². The summed E-state index contributed by atoms with van der Waals surface area (Å²) in [6.45, 7) is 0.325. The summed E-state index contributed by atoms with van der Waals surface area (Å²) in [5, 5.41) is 2.81. The van der Waals surface area contributed by atoms with Gasteiger partial charge < -0.3 is 19.4 Å². The second-order valence-corrected chi connectivity index (χ2v) is 10.0. The Hall–Kier alpha value is -3.92. The molecular weight excluding hydrogens is 557 g/mol. The average Bonchev–Trinajstić information content (AvgIpc) is 3.53. The molecule has 0 unspecified atom stereocenters. The molecule has 2 heterocycles. The summed E-state index contributed by atoms with van der Waals surface area (Å²) >= 11 is 0.690. The summed E-state index contributed by atoms with van der Waals surface area (Å²) in [5.41, 5.74) is 0.452. The Labute approximate surface area is 217 Å². The quantitative estimate of drug-likeness (QED) is 0.242. The lowest BCUT2D eigenvalue weighted by Gasteiger charge is -2.17. The highest BCUT2D eigenvalue weighted by Crippen LogP contribution is 2.31. The second-order valence-electron chi connectivity index (χ2n) is 7.57. The fourth-order valence-corrected chi connectivity index (χ4v) is 5.03. The van der Waals surface area contributed by atoms with Crippen molar-refractivity contribution in [2.75, 3.05) is 16.6 Å². The van der Waals surface area contributed by atoms with Gasteiger partial charge in [-0.3, -0.25) is 4.72 Å². The van der Waals surface area contributed by atoms with Gasteiger partial charge in [-0.1, -0.05) is 0 Å². The highest BCUT2D eigenvalue weighted by Gasteiger charge is 2.31. The van der Waals surface area contributed by atoms with Crippen molar-refractivity contribution in [2.24, 2.45) is 0 Å². The lowest BCUT2D eigenvalue weighted by molar-refractivity contribution is -0.274. The van der Waals surface area contributed by atoms with Gasteiger partial charge >= 0.3 is 6.36 Å². The zero-order valence-corrected chi connectivity index (χ0v) is 20.7. The van der Waals surface area contributed by atoms with E-state index in [0.717, 1.165) is 18.5 Å². The molecule has 38 heavy (non-hydrogen) atoms. The summed E-state index contributed by atoms with van der Waals surface area (Å²) in [6.07, 6.45) is -0.246. The number of benzene rings is 2. The molecule has 4 rings (SSSR count). The van der Waals surface area contributed by atoms with Gasteiger partial charge in [0.25, 0.3) is 10.0 Å². The number of nitrogens with one attached hydrogen (secondary N) is 2. The molecule has 0 aliphatic rings. The van der Waals surface area contributed by atoms with E-state index in [1.807, 2.05) is 21.4 Å². The maximum absolute atomic E-state index is 15.1. The Morgan fingerprint density at radius 3 is 2.53 bits per heavy atom. The van der Waals surface area contributed by atoms with E-state index in [4.69, 9.17) is 4.74 Å². The Balaban J connectivity index is 1.55. The Morgan fingerprint density at radius 2 is 1.84 bits per heavy atom. The van der Waals surface area contributed by atoms with Crippen LogP contribution in [0, 0.1) is 11.6 Å². The molecule has 0 spiro atoms. The molecule has 0 atom stereocenters. The summed E-state index contributed by atoms with van der Waals surface area (Å²) in [6, 6.07) is 8.12. The van der Waals surface area contributed by atoms with Gasteiger partial charge in [-0.2, -0.15) is 4.37 Å². The minimum Gasteiger partial charge on any atom is -0.486 e. The van der Waals surface area contributed by atoms with Crippen LogP contribution in [-0.2, 0) is 23.2 Å². The van der Waals surface area contributed by atoms with Crippen LogP contribution in [0.15, 0.2) is 66.1 Å². The zero-order chi connectivity index (χ0) is 27.3. The van der Waals surface area contributed by atoms with Crippen LogP contribution in [0.5, 0.6) is 11.5 Å². The van der Waals surface area contributed by atoms with Gasteiger partial charge in [0.05, 0.1) is 0 Å². The number of rotatable bonds is 11. The first-order valence-corrected chi connectivity index (χ1v) is 12.9. The smallest absolute Gasteiger partial charge is 0.486 e. The molecular formula is C22H18F5N5O4S2. The third kappa shape index (κ3) is 7.10. The fourth-order valence-electron chi connectivity index (χ4n) is 3.27. The van der Waals surface area contributed by atoms with E-state index in [1.54, 1.807) is 12.4 Å². The molecule has 2 aromatic heterocycles. The van der Waals surface area contributed by atoms with Crippen LogP contribution >= 0.6 is 11.5 Å². The molecule has 0 aliphatic carbocycles. The molecule has 2 aromatic carbocycles. The molecule has 2 N–H and O–H groups in total. The van der Waals surface area contributed by atoms with Crippen molar-refractivity contribution in [1.82, 2.24) is 13.9 Å². The highest BCUT2D eigenvalue weighted by atomic mass is 32.2. The molecule has 0 bridgehead atoms. The largest absolute Gasteiger partial charge is 0.573 e. The first-order chi connectivity index (χ1) is 18.0. The molecule has 0 amide bonds. The summed E-state index contributed by atoms with van der Waals surface area (Å²) < 4.78 is 109. The van der Waals surface area contributed by atoms with Crippen molar-refractivity contribution in [3.63, 3.8) is 0 Å². The molecule has 9 nitrogen and oxygen atoms in total. The number of hydrogen-bond acceptors (Lipinski definition) is 8. The molecule has 0 radical (unpaired) electrons. The molecule has 202 valence electrons. The van der Waals surface area contributed by atoms with Crippen LogP contribution in [0.3, 0.4) is 0 Å². The predicted octanol–water partition coefficient (Wildman–Crippen LogP) is 5.01. The third-order valence-corrected chi connectivity index (χ3v) is 6.94. The molecule has 0 fully saturated rings. The fraction of sp³-hybridized carbons (Fsp3) is 0.182. The highest BCUT2D eigenvalue weighted by molar-refractivity contribution is 7.93. The SMILES string of the molecule is O=S(=O)(Nc1ncns1)c1cc(F)cc(OCc2ccc(OC(F)(F)F)cc2NCCn2cccc2)c1F. The Kier molecular flexibility index (Phi) is 8.01. The van der Waals surface area contributed by atoms with Gasteiger partial charge in [0.2, 0.25) is 5.13 Å². The van der Waals surface area contributed by atoms with Gasteiger partial charge in [-0.15, -0.1) is 13.2 Å². The number of aromatic nitrogens is 3. The van der Waals surface area contributed by atoms with Crippen LogP contribution in [0.1, 0.15) is 5.56 Å². The summed E-state index contributed by atoms with van der Waals surface area (Å²) in [4.78, 5) is 2.61. The number of halogens is 5.